The van der Waals surface area contributed by atoms with Crippen LogP contribution in [-0.2, 0) is 17.7 Å². The maximum Gasteiger partial charge on any atom is 0.191 e. The molecular formula is C22H30N4O2. The number of hydrogen-bond acceptors (Lipinski definition) is 4. The minimum atomic E-state index is 0.140. The van der Waals surface area contributed by atoms with Crippen LogP contribution < -0.4 is 15.4 Å². The van der Waals surface area contributed by atoms with E-state index in [0.29, 0.717) is 13.2 Å². The van der Waals surface area contributed by atoms with Crippen LogP contribution in [0.25, 0.3) is 0 Å². The molecule has 3 rings (SSSR count). The zero-order chi connectivity index (χ0) is 19.8. The molecule has 1 saturated heterocycles. The number of ether oxygens (including phenoxy) is 2. The van der Waals surface area contributed by atoms with Crippen LogP contribution in [0.4, 0.5) is 0 Å². The van der Waals surface area contributed by atoms with E-state index in [-0.39, 0.29) is 6.10 Å². The lowest BCUT2D eigenvalue weighted by atomic mass is 10.1. The van der Waals surface area contributed by atoms with E-state index in [1.807, 2.05) is 19.2 Å². The van der Waals surface area contributed by atoms with Crippen molar-refractivity contribution in [2.75, 3.05) is 26.8 Å². The molecule has 150 valence electrons. The van der Waals surface area contributed by atoms with E-state index in [1.54, 1.807) is 7.05 Å². The summed E-state index contributed by atoms with van der Waals surface area (Å²) in [4.78, 5) is 8.65. The smallest absolute Gasteiger partial charge is 0.191 e. The van der Waals surface area contributed by atoms with Crippen molar-refractivity contribution in [1.82, 2.24) is 15.6 Å². The van der Waals surface area contributed by atoms with Gasteiger partial charge in [-0.15, -0.1) is 0 Å². The summed E-state index contributed by atoms with van der Waals surface area (Å²) >= 11 is 0. The molecule has 0 spiro atoms. The highest BCUT2D eigenvalue weighted by atomic mass is 16.5. The SMILES string of the molecule is CN=C(NCCc1ccc(C)nc1)NCc1ccc(C)cc1OC1CCOC1. The third kappa shape index (κ3) is 5.96. The fourth-order valence-electron chi connectivity index (χ4n) is 3.07. The van der Waals surface area contributed by atoms with Crippen LogP contribution in [0.2, 0.25) is 0 Å². The van der Waals surface area contributed by atoms with E-state index >= 15 is 0 Å². The lowest BCUT2D eigenvalue weighted by molar-refractivity contribution is 0.140. The number of nitrogens with one attached hydrogen (secondary N) is 2. The molecule has 0 amide bonds. The van der Waals surface area contributed by atoms with Crippen LogP contribution in [0, 0.1) is 13.8 Å². The number of hydrogen-bond donors (Lipinski definition) is 2. The van der Waals surface area contributed by atoms with Gasteiger partial charge in [0, 0.05) is 44.0 Å². The molecule has 1 fully saturated rings. The maximum absolute atomic E-state index is 6.17. The van der Waals surface area contributed by atoms with E-state index in [2.05, 4.69) is 51.8 Å². The number of aromatic nitrogens is 1. The van der Waals surface area contributed by atoms with Crippen molar-refractivity contribution in [3.8, 4) is 5.75 Å². The second-order valence-corrected chi connectivity index (χ2v) is 7.12. The van der Waals surface area contributed by atoms with Crippen molar-refractivity contribution in [2.24, 2.45) is 4.99 Å². The summed E-state index contributed by atoms with van der Waals surface area (Å²) in [5, 5.41) is 6.73. The number of nitrogens with zero attached hydrogens (tertiary/aromatic N) is 2. The van der Waals surface area contributed by atoms with Gasteiger partial charge >= 0.3 is 0 Å². The van der Waals surface area contributed by atoms with Gasteiger partial charge in [0.15, 0.2) is 5.96 Å². The number of guanidine groups is 1. The molecule has 1 aromatic carbocycles. The predicted octanol–water partition coefficient (Wildman–Crippen LogP) is 2.77. The molecule has 28 heavy (non-hydrogen) atoms. The first-order valence-electron chi connectivity index (χ1n) is 9.84. The molecule has 2 heterocycles. The monoisotopic (exact) mass is 382 g/mol. The molecule has 6 nitrogen and oxygen atoms in total. The van der Waals surface area contributed by atoms with Crippen molar-refractivity contribution < 1.29 is 9.47 Å². The minimum absolute atomic E-state index is 0.140. The Morgan fingerprint density at radius 3 is 2.86 bits per heavy atom. The average molecular weight is 383 g/mol. The molecule has 2 aromatic rings. The average Bonchev–Trinajstić information content (AvgIpc) is 3.20. The Morgan fingerprint density at radius 2 is 2.14 bits per heavy atom. The van der Waals surface area contributed by atoms with Gasteiger partial charge in [0.1, 0.15) is 11.9 Å². The molecular weight excluding hydrogens is 352 g/mol. The molecule has 1 aromatic heterocycles. The van der Waals surface area contributed by atoms with Gasteiger partial charge in [-0.3, -0.25) is 9.98 Å². The molecule has 2 N–H and O–H groups in total. The van der Waals surface area contributed by atoms with Crippen LogP contribution in [0.1, 0.15) is 28.8 Å². The first-order valence-corrected chi connectivity index (χ1v) is 9.84. The third-order valence-electron chi connectivity index (χ3n) is 4.75. The van der Waals surface area contributed by atoms with Crippen LogP contribution in [0.5, 0.6) is 5.75 Å². The summed E-state index contributed by atoms with van der Waals surface area (Å²) in [6.07, 6.45) is 3.91. The Bertz CT molecular complexity index is 784. The Morgan fingerprint density at radius 1 is 1.25 bits per heavy atom. The fourth-order valence-corrected chi connectivity index (χ4v) is 3.07. The summed E-state index contributed by atoms with van der Waals surface area (Å²) in [5.74, 6) is 1.69. The lowest BCUT2D eigenvalue weighted by Gasteiger charge is -2.18. The van der Waals surface area contributed by atoms with E-state index in [9.17, 15) is 0 Å². The van der Waals surface area contributed by atoms with Crippen LogP contribution in [0.15, 0.2) is 41.5 Å². The normalized spacial score (nSPS) is 16.8. The van der Waals surface area contributed by atoms with Crippen LogP contribution in [0.3, 0.4) is 0 Å². The molecule has 0 saturated carbocycles. The molecule has 0 aliphatic carbocycles. The summed E-state index contributed by atoms with van der Waals surface area (Å²) in [6, 6.07) is 10.5. The van der Waals surface area contributed by atoms with Crippen molar-refractivity contribution >= 4 is 5.96 Å². The van der Waals surface area contributed by atoms with E-state index in [1.165, 1.54) is 11.1 Å². The number of benzene rings is 1. The summed E-state index contributed by atoms with van der Waals surface area (Å²) in [7, 11) is 1.78. The Labute approximate surface area is 167 Å². The summed E-state index contributed by atoms with van der Waals surface area (Å²) in [6.45, 7) is 6.96. The van der Waals surface area contributed by atoms with Crippen molar-refractivity contribution in [3.63, 3.8) is 0 Å². The molecule has 1 aliphatic rings. The molecule has 1 aliphatic heterocycles. The number of aryl methyl sites for hydroxylation is 2. The van der Waals surface area contributed by atoms with Crippen molar-refractivity contribution in [1.29, 1.82) is 0 Å². The van der Waals surface area contributed by atoms with Gasteiger partial charge in [0.05, 0.1) is 13.2 Å². The zero-order valence-corrected chi connectivity index (χ0v) is 17.0. The number of aliphatic imine (C=N–C) groups is 1. The maximum atomic E-state index is 6.17. The van der Waals surface area contributed by atoms with Crippen molar-refractivity contribution in [2.45, 2.75) is 39.3 Å². The van der Waals surface area contributed by atoms with E-state index in [0.717, 1.165) is 49.0 Å². The largest absolute Gasteiger partial charge is 0.488 e. The molecule has 0 radical (unpaired) electrons. The van der Waals surface area contributed by atoms with E-state index in [4.69, 9.17) is 9.47 Å². The highest BCUT2D eigenvalue weighted by Crippen LogP contribution is 2.23. The van der Waals surface area contributed by atoms with Gasteiger partial charge < -0.3 is 20.1 Å². The molecule has 1 atom stereocenters. The Kier molecular flexibility index (Phi) is 7.25. The molecule has 0 bridgehead atoms. The minimum Gasteiger partial charge on any atom is -0.488 e. The van der Waals surface area contributed by atoms with Gasteiger partial charge in [-0.1, -0.05) is 18.2 Å². The quantitative estimate of drug-likeness (QED) is 0.569. The summed E-state index contributed by atoms with van der Waals surface area (Å²) in [5.41, 5.74) is 4.55. The predicted molar refractivity (Wildman–Crippen MR) is 112 cm³/mol. The second kappa shape index (κ2) is 10.1. The zero-order valence-electron chi connectivity index (χ0n) is 17.0. The van der Waals surface area contributed by atoms with Gasteiger partial charge in [-0.05, 0) is 43.5 Å². The van der Waals surface area contributed by atoms with Gasteiger partial charge in [0.2, 0.25) is 0 Å². The third-order valence-corrected chi connectivity index (χ3v) is 4.75. The Hall–Kier alpha value is -2.60. The topological polar surface area (TPSA) is 67.8 Å². The first kappa shape index (κ1) is 20.1. The highest BCUT2D eigenvalue weighted by Gasteiger charge is 2.18. The van der Waals surface area contributed by atoms with Crippen LogP contribution in [-0.4, -0.2) is 43.9 Å². The van der Waals surface area contributed by atoms with Gasteiger partial charge in [-0.2, -0.15) is 0 Å². The fraction of sp³-hybridized carbons (Fsp3) is 0.455. The van der Waals surface area contributed by atoms with Crippen molar-refractivity contribution in [3.05, 3.63) is 58.9 Å². The lowest BCUT2D eigenvalue weighted by Crippen LogP contribution is -2.38. The summed E-state index contributed by atoms with van der Waals surface area (Å²) < 4.78 is 11.6. The Balaban J connectivity index is 1.52. The molecule has 6 heteroatoms. The standard InChI is InChI=1S/C22H30N4O2/c1-16-4-7-19(21(12-16)28-20-9-11-27-15-20)14-26-22(23-3)24-10-8-18-6-5-17(2)25-13-18/h4-7,12-13,20H,8-11,14-15H2,1-3H3,(H2,23,24,26). The second-order valence-electron chi connectivity index (χ2n) is 7.12. The highest BCUT2D eigenvalue weighted by molar-refractivity contribution is 5.79. The molecule has 1 unspecified atom stereocenters. The number of pyridine rings is 1. The van der Waals surface area contributed by atoms with Gasteiger partial charge in [0.25, 0.3) is 0 Å². The number of rotatable bonds is 7. The van der Waals surface area contributed by atoms with Crippen LogP contribution >= 0.6 is 0 Å². The first-order chi connectivity index (χ1) is 13.6. The van der Waals surface area contributed by atoms with E-state index < -0.39 is 0 Å². The van der Waals surface area contributed by atoms with Gasteiger partial charge in [-0.25, -0.2) is 0 Å².